The number of rotatable bonds is 8. The number of thioether (sulfide) groups is 1. The number of carbonyl (C=O) groups excluding carboxylic acids is 1. The lowest BCUT2D eigenvalue weighted by atomic mass is 10.1. The summed E-state index contributed by atoms with van der Waals surface area (Å²) >= 11 is 7.87. The number of benzene rings is 2. The standard InChI is InChI=1S/C22H25ClN4OS/c1-15(2)11-21(28)24-13-20-25-26-22(29-14-17-7-5-4-6-8-17)27(20)19-12-18(23)10-9-16(19)3/h4-10,12,15H,11,13-14H2,1-3H3,(H,24,28). The summed E-state index contributed by atoms with van der Waals surface area (Å²) in [7, 11) is 0. The SMILES string of the molecule is Cc1ccc(Cl)cc1-n1c(CNC(=O)CC(C)C)nnc1SCc1ccccc1. The molecule has 0 spiro atoms. The van der Waals surface area contributed by atoms with Crippen molar-refractivity contribution in [3.63, 3.8) is 0 Å². The molecule has 0 saturated carbocycles. The molecule has 0 radical (unpaired) electrons. The Morgan fingerprint density at radius 2 is 1.93 bits per heavy atom. The second kappa shape index (κ2) is 9.94. The van der Waals surface area contributed by atoms with Gasteiger partial charge in [-0.1, -0.05) is 73.6 Å². The zero-order valence-electron chi connectivity index (χ0n) is 16.9. The van der Waals surface area contributed by atoms with Gasteiger partial charge in [0.15, 0.2) is 11.0 Å². The van der Waals surface area contributed by atoms with Gasteiger partial charge in [0.05, 0.1) is 12.2 Å². The second-order valence-corrected chi connectivity index (χ2v) is 8.69. The average Bonchev–Trinajstić information content (AvgIpc) is 3.09. The highest BCUT2D eigenvalue weighted by atomic mass is 35.5. The molecule has 3 aromatic rings. The van der Waals surface area contributed by atoms with E-state index in [0.29, 0.717) is 29.7 Å². The van der Waals surface area contributed by atoms with E-state index in [-0.39, 0.29) is 5.91 Å². The van der Waals surface area contributed by atoms with E-state index in [1.165, 1.54) is 5.56 Å². The highest BCUT2D eigenvalue weighted by Gasteiger charge is 2.17. The van der Waals surface area contributed by atoms with Crippen LogP contribution in [0.15, 0.2) is 53.7 Å². The third-order valence-corrected chi connectivity index (χ3v) is 5.60. The maximum absolute atomic E-state index is 12.1. The Morgan fingerprint density at radius 1 is 1.17 bits per heavy atom. The van der Waals surface area contributed by atoms with E-state index in [4.69, 9.17) is 11.6 Å². The van der Waals surface area contributed by atoms with Crippen LogP contribution in [0, 0.1) is 12.8 Å². The van der Waals surface area contributed by atoms with Crippen LogP contribution in [0.1, 0.15) is 37.2 Å². The Balaban J connectivity index is 1.88. The molecular formula is C22H25ClN4OS. The van der Waals surface area contributed by atoms with E-state index in [1.807, 2.05) is 61.7 Å². The fraction of sp³-hybridized carbons (Fsp3) is 0.318. The first-order valence-corrected chi connectivity index (χ1v) is 10.9. The lowest BCUT2D eigenvalue weighted by molar-refractivity contribution is -0.122. The molecule has 1 heterocycles. The molecule has 1 aromatic heterocycles. The van der Waals surface area contributed by atoms with Gasteiger partial charge < -0.3 is 5.32 Å². The minimum Gasteiger partial charge on any atom is -0.349 e. The summed E-state index contributed by atoms with van der Waals surface area (Å²) in [5.74, 6) is 1.78. The lowest BCUT2D eigenvalue weighted by Crippen LogP contribution is -2.25. The minimum absolute atomic E-state index is 0.0101. The molecule has 0 saturated heterocycles. The van der Waals surface area contributed by atoms with Crippen molar-refractivity contribution in [1.82, 2.24) is 20.1 Å². The summed E-state index contributed by atoms with van der Waals surface area (Å²) in [6.45, 7) is 6.39. The summed E-state index contributed by atoms with van der Waals surface area (Å²) in [5.41, 5.74) is 3.19. The van der Waals surface area contributed by atoms with Gasteiger partial charge in [0.1, 0.15) is 0 Å². The predicted molar refractivity (Wildman–Crippen MR) is 118 cm³/mol. The van der Waals surface area contributed by atoms with Gasteiger partial charge in [-0.15, -0.1) is 10.2 Å². The number of carbonyl (C=O) groups is 1. The van der Waals surface area contributed by atoms with Crippen LogP contribution in [-0.2, 0) is 17.1 Å². The topological polar surface area (TPSA) is 59.8 Å². The summed E-state index contributed by atoms with van der Waals surface area (Å²) in [4.78, 5) is 12.1. The summed E-state index contributed by atoms with van der Waals surface area (Å²) in [6, 6.07) is 16.0. The normalized spacial score (nSPS) is 11.1. The zero-order valence-corrected chi connectivity index (χ0v) is 18.4. The van der Waals surface area contributed by atoms with Crippen LogP contribution in [0.3, 0.4) is 0 Å². The van der Waals surface area contributed by atoms with E-state index in [9.17, 15) is 4.79 Å². The van der Waals surface area contributed by atoms with Gasteiger partial charge in [0, 0.05) is 17.2 Å². The molecule has 3 rings (SSSR count). The lowest BCUT2D eigenvalue weighted by Gasteiger charge is -2.14. The molecule has 0 fully saturated rings. The number of nitrogens with one attached hydrogen (secondary N) is 1. The average molecular weight is 429 g/mol. The summed E-state index contributed by atoms with van der Waals surface area (Å²) in [5, 5.41) is 13.1. The van der Waals surface area contributed by atoms with E-state index >= 15 is 0 Å². The number of nitrogens with zero attached hydrogens (tertiary/aromatic N) is 3. The van der Waals surface area contributed by atoms with Crippen LogP contribution < -0.4 is 5.32 Å². The number of amides is 1. The fourth-order valence-corrected chi connectivity index (χ4v) is 4.00. The van der Waals surface area contributed by atoms with Crippen molar-refractivity contribution in [2.75, 3.05) is 0 Å². The third kappa shape index (κ3) is 5.84. The van der Waals surface area contributed by atoms with Crippen LogP contribution in [-0.4, -0.2) is 20.7 Å². The highest BCUT2D eigenvalue weighted by Crippen LogP contribution is 2.28. The number of halogens is 1. The maximum atomic E-state index is 12.1. The number of aromatic nitrogens is 3. The van der Waals surface area contributed by atoms with E-state index < -0.39 is 0 Å². The molecule has 0 aliphatic rings. The van der Waals surface area contributed by atoms with Crippen molar-refractivity contribution in [3.05, 3.63) is 70.5 Å². The van der Waals surface area contributed by atoms with Gasteiger partial charge in [-0.25, -0.2) is 0 Å². The van der Waals surface area contributed by atoms with Gasteiger partial charge >= 0.3 is 0 Å². The van der Waals surface area contributed by atoms with Crippen molar-refractivity contribution in [2.45, 2.75) is 44.6 Å². The first-order chi connectivity index (χ1) is 13.9. The molecule has 0 aliphatic heterocycles. The van der Waals surface area contributed by atoms with Crippen molar-refractivity contribution < 1.29 is 4.79 Å². The quantitative estimate of drug-likeness (QED) is 0.502. The van der Waals surface area contributed by atoms with Gasteiger partial charge in [-0.2, -0.15) is 0 Å². The zero-order chi connectivity index (χ0) is 20.8. The van der Waals surface area contributed by atoms with Crippen molar-refractivity contribution in [2.24, 2.45) is 5.92 Å². The maximum Gasteiger partial charge on any atom is 0.220 e. The highest BCUT2D eigenvalue weighted by molar-refractivity contribution is 7.98. The molecule has 152 valence electrons. The molecule has 5 nitrogen and oxygen atoms in total. The third-order valence-electron chi connectivity index (χ3n) is 4.36. The van der Waals surface area contributed by atoms with Crippen LogP contribution in [0.2, 0.25) is 5.02 Å². The van der Waals surface area contributed by atoms with Crippen LogP contribution >= 0.6 is 23.4 Å². The molecule has 0 unspecified atom stereocenters. The molecule has 0 bridgehead atoms. The van der Waals surface area contributed by atoms with Crippen LogP contribution in [0.4, 0.5) is 0 Å². The summed E-state index contributed by atoms with van der Waals surface area (Å²) in [6.07, 6.45) is 0.486. The van der Waals surface area contributed by atoms with Crippen molar-refractivity contribution >= 4 is 29.3 Å². The van der Waals surface area contributed by atoms with Gasteiger partial charge in [0.25, 0.3) is 0 Å². The summed E-state index contributed by atoms with van der Waals surface area (Å²) < 4.78 is 1.99. The largest absolute Gasteiger partial charge is 0.349 e. The second-order valence-electron chi connectivity index (χ2n) is 7.31. The molecule has 1 N–H and O–H groups in total. The molecule has 7 heteroatoms. The van der Waals surface area contributed by atoms with Gasteiger partial charge in [0.2, 0.25) is 5.91 Å². The predicted octanol–water partition coefficient (Wildman–Crippen LogP) is 5.18. The monoisotopic (exact) mass is 428 g/mol. The first-order valence-electron chi connectivity index (χ1n) is 9.58. The molecule has 1 amide bonds. The van der Waals surface area contributed by atoms with Crippen LogP contribution in [0.5, 0.6) is 0 Å². The van der Waals surface area contributed by atoms with Gasteiger partial charge in [-0.3, -0.25) is 9.36 Å². The minimum atomic E-state index is 0.0101. The number of aryl methyl sites for hydroxylation is 1. The van der Waals surface area contributed by atoms with Crippen LogP contribution in [0.25, 0.3) is 5.69 Å². The van der Waals surface area contributed by atoms with E-state index in [0.717, 1.165) is 22.2 Å². The Morgan fingerprint density at radius 3 is 2.66 bits per heavy atom. The Kier molecular flexibility index (Phi) is 7.34. The fourth-order valence-electron chi connectivity index (χ4n) is 2.92. The Hall–Kier alpha value is -2.31. The molecule has 29 heavy (non-hydrogen) atoms. The molecular weight excluding hydrogens is 404 g/mol. The molecule has 0 atom stereocenters. The van der Waals surface area contributed by atoms with E-state index in [2.05, 4.69) is 27.6 Å². The molecule has 2 aromatic carbocycles. The molecule has 0 aliphatic carbocycles. The first kappa shape index (κ1) is 21.4. The van der Waals surface area contributed by atoms with E-state index in [1.54, 1.807) is 11.8 Å². The number of hydrogen-bond donors (Lipinski definition) is 1. The van der Waals surface area contributed by atoms with Crippen molar-refractivity contribution in [3.8, 4) is 5.69 Å². The smallest absolute Gasteiger partial charge is 0.220 e. The number of hydrogen-bond acceptors (Lipinski definition) is 4. The Labute approximate surface area is 180 Å². The van der Waals surface area contributed by atoms with Crippen molar-refractivity contribution in [1.29, 1.82) is 0 Å². The van der Waals surface area contributed by atoms with Gasteiger partial charge in [-0.05, 0) is 36.1 Å². The Bertz CT molecular complexity index is 972.